The third-order valence-electron chi connectivity index (χ3n) is 3.93. The molecule has 1 aromatic rings. The van der Waals surface area contributed by atoms with E-state index in [2.05, 4.69) is 41.5 Å². The average Bonchev–Trinajstić information content (AvgIpc) is 2.88. The molecule has 1 N–H and O–H groups in total. The third-order valence-corrected chi connectivity index (χ3v) is 3.93. The van der Waals surface area contributed by atoms with Gasteiger partial charge in [-0.1, -0.05) is 24.3 Å². The summed E-state index contributed by atoms with van der Waals surface area (Å²) in [5.74, 6) is 1.88. The van der Waals surface area contributed by atoms with Crippen molar-refractivity contribution >= 4 is 0 Å². The first-order valence-corrected chi connectivity index (χ1v) is 6.30. The fourth-order valence-electron chi connectivity index (χ4n) is 2.91. The molecule has 0 saturated heterocycles. The van der Waals surface area contributed by atoms with Crippen molar-refractivity contribution in [2.24, 2.45) is 11.8 Å². The summed E-state index contributed by atoms with van der Waals surface area (Å²) < 4.78 is 0. The maximum atomic E-state index is 3.28. The van der Waals surface area contributed by atoms with E-state index in [0.717, 1.165) is 11.8 Å². The van der Waals surface area contributed by atoms with E-state index in [1.165, 1.54) is 43.7 Å². The van der Waals surface area contributed by atoms with Crippen LogP contribution >= 0.6 is 0 Å². The zero-order valence-electron chi connectivity index (χ0n) is 9.95. The molecular weight excluding hydrogens is 196 g/mol. The Balaban J connectivity index is 1.53. The molecule has 2 aliphatic rings. The minimum atomic E-state index is 0.939. The molecule has 0 amide bonds. The second kappa shape index (κ2) is 4.19. The van der Waals surface area contributed by atoms with Gasteiger partial charge in [0.1, 0.15) is 0 Å². The van der Waals surface area contributed by atoms with Crippen LogP contribution in [0.3, 0.4) is 0 Å². The molecule has 16 heavy (non-hydrogen) atoms. The van der Waals surface area contributed by atoms with E-state index >= 15 is 0 Å². The van der Waals surface area contributed by atoms with E-state index in [4.69, 9.17) is 0 Å². The molecule has 1 saturated carbocycles. The Morgan fingerprint density at radius 3 is 2.50 bits per heavy atom. The number of nitrogens with one attached hydrogen (secondary N) is 1. The molecule has 2 nitrogen and oxygen atoms in total. The van der Waals surface area contributed by atoms with E-state index in [9.17, 15) is 0 Å². The van der Waals surface area contributed by atoms with Crippen molar-refractivity contribution in [1.29, 1.82) is 0 Å². The highest BCUT2D eigenvalue weighted by molar-refractivity contribution is 5.30. The molecule has 1 fully saturated rings. The Kier molecular flexibility index (Phi) is 2.70. The minimum absolute atomic E-state index is 0.939. The van der Waals surface area contributed by atoms with Gasteiger partial charge in [0.2, 0.25) is 0 Å². The number of nitrogens with zero attached hydrogens (tertiary/aromatic N) is 1. The first-order valence-electron chi connectivity index (χ1n) is 6.30. The van der Waals surface area contributed by atoms with E-state index in [1.807, 2.05) is 0 Å². The molecule has 0 bridgehead atoms. The summed E-state index contributed by atoms with van der Waals surface area (Å²) in [4.78, 5) is 2.60. The zero-order chi connectivity index (χ0) is 11.0. The van der Waals surface area contributed by atoms with Crippen LogP contribution in [0.1, 0.15) is 17.5 Å². The van der Waals surface area contributed by atoms with Gasteiger partial charge in [0.15, 0.2) is 0 Å². The predicted octanol–water partition coefficient (Wildman–Crippen LogP) is 1.86. The van der Waals surface area contributed by atoms with Gasteiger partial charge in [0.05, 0.1) is 0 Å². The number of rotatable bonds is 4. The van der Waals surface area contributed by atoms with Crippen molar-refractivity contribution < 1.29 is 0 Å². The Hall–Kier alpha value is -0.860. The second-order valence-electron chi connectivity index (χ2n) is 5.25. The quantitative estimate of drug-likeness (QED) is 0.826. The fraction of sp³-hybridized carbons (Fsp3) is 0.571. The lowest BCUT2D eigenvalue weighted by atomic mass is 10.1. The second-order valence-corrected chi connectivity index (χ2v) is 5.25. The van der Waals surface area contributed by atoms with Gasteiger partial charge in [-0.05, 0) is 43.0 Å². The SMILES string of the molecule is CNC[C@H]1C[C@H]1CN1Cc2ccccc2C1. The van der Waals surface area contributed by atoms with Crippen molar-refractivity contribution in [1.82, 2.24) is 10.2 Å². The van der Waals surface area contributed by atoms with Crippen LogP contribution in [0.4, 0.5) is 0 Å². The Morgan fingerprint density at radius 1 is 1.19 bits per heavy atom. The Morgan fingerprint density at radius 2 is 1.88 bits per heavy atom. The normalized spacial score (nSPS) is 28.1. The molecule has 3 rings (SSSR count). The first-order chi connectivity index (χ1) is 7.86. The zero-order valence-corrected chi connectivity index (χ0v) is 9.95. The van der Waals surface area contributed by atoms with Crippen LogP contribution in [-0.2, 0) is 13.1 Å². The molecule has 1 aromatic carbocycles. The number of fused-ring (bicyclic) bond motifs is 1. The lowest BCUT2D eigenvalue weighted by Crippen LogP contribution is -2.21. The maximum Gasteiger partial charge on any atom is 0.0240 e. The van der Waals surface area contributed by atoms with Crippen molar-refractivity contribution in [3.8, 4) is 0 Å². The van der Waals surface area contributed by atoms with Crippen molar-refractivity contribution in [2.75, 3.05) is 20.1 Å². The monoisotopic (exact) mass is 216 g/mol. The van der Waals surface area contributed by atoms with Gasteiger partial charge in [0, 0.05) is 19.6 Å². The van der Waals surface area contributed by atoms with Crippen LogP contribution in [0.15, 0.2) is 24.3 Å². The highest BCUT2D eigenvalue weighted by Gasteiger charge is 2.38. The van der Waals surface area contributed by atoms with Crippen molar-refractivity contribution in [3.05, 3.63) is 35.4 Å². The lowest BCUT2D eigenvalue weighted by Gasteiger charge is -2.14. The van der Waals surface area contributed by atoms with Gasteiger partial charge in [-0.3, -0.25) is 4.90 Å². The van der Waals surface area contributed by atoms with Crippen LogP contribution in [-0.4, -0.2) is 25.0 Å². The number of hydrogen-bond donors (Lipinski definition) is 1. The van der Waals surface area contributed by atoms with Crippen LogP contribution in [0.25, 0.3) is 0 Å². The van der Waals surface area contributed by atoms with Gasteiger partial charge in [-0.2, -0.15) is 0 Å². The highest BCUT2D eigenvalue weighted by Crippen LogP contribution is 2.39. The summed E-state index contributed by atoms with van der Waals surface area (Å²) in [7, 11) is 2.06. The molecule has 2 atom stereocenters. The molecule has 0 spiro atoms. The molecule has 0 radical (unpaired) electrons. The van der Waals surface area contributed by atoms with Gasteiger partial charge in [-0.25, -0.2) is 0 Å². The summed E-state index contributed by atoms with van der Waals surface area (Å²) in [6.45, 7) is 4.82. The fourth-order valence-corrected chi connectivity index (χ4v) is 2.91. The van der Waals surface area contributed by atoms with Crippen LogP contribution in [0.2, 0.25) is 0 Å². The number of hydrogen-bond acceptors (Lipinski definition) is 2. The molecule has 0 aromatic heterocycles. The summed E-state index contributed by atoms with van der Waals surface area (Å²) in [6, 6.07) is 8.85. The first kappa shape index (κ1) is 10.3. The van der Waals surface area contributed by atoms with Gasteiger partial charge in [-0.15, -0.1) is 0 Å². The van der Waals surface area contributed by atoms with Gasteiger partial charge < -0.3 is 5.32 Å². The van der Waals surface area contributed by atoms with E-state index in [0.29, 0.717) is 0 Å². The summed E-state index contributed by atoms with van der Waals surface area (Å²) in [5, 5.41) is 3.28. The van der Waals surface area contributed by atoms with Crippen LogP contribution in [0, 0.1) is 11.8 Å². The molecular formula is C14H20N2. The molecule has 86 valence electrons. The lowest BCUT2D eigenvalue weighted by molar-refractivity contribution is 0.266. The van der Waals surface area contributed by atoms with Crippen LogP contribution in [0.5, 0.6) is 0 Å². The largest absolute Gasteiger partial charge is 0.319 e. The third kappa shape index (κ3) is 2.00. The topological polar surface area (TPSA) is 15.3 Å². The summed E-state index contributed by atoms with van der Waals surface area (Å²) >= 11 is 0. The average molecular weight is 216 g/mol. The van der Waals surface area contributed by atoms with Gasteiger partial charge in [0.25, 0.3) is 0 Å². The van der Waals surface area contributed by atoms with E-state index in [-0.39, 0.29) is 0 Å². The maximum absolute atomic E-state index is 3.28. The Labute approximate surface area is 97.6 Å². The molecule has 1 heterocycles. The summed E-state index contributed by atoms with van der Waals surface area (Å²) in [6.07, 6.45) is 1.42. The molecule has 2 heteroatoms. The summed E-state index contributed by atoms with van der Waals surface area (Å²) in [5.41, 5.74) is 3.07. The highest BCUT2D eigenvalue weighted by atomic mass is 15.1. The van der Waals surface area contributed by atoms with E-state index < -0.39 is 0 Å². The van der Waals surface area contributed by atoms with E-state index in [1.54, 1.807) is 0 Å². The molecule has 0 unspecified atom stereocenters. The van der Waals surface area contributed by atoms with Crippen molar-refractivity contribution in [2.45, 2.75) is 19.5 Å². The molecule has 1 aliphatic carbocycles. The predicted molar refractivity (Wildman–Crippen MR) is 66.1 cm³/mol. The molecule has 1 aliphatic heterocycles. The van der Waals surface area contributed by atoms with Crippen LogP contribution < -0.4 is 5.32 Å². The minimum Gasteiger partial charge on any atom is -0.319 e. The Bertz CT molecular complexity index is 350. The number of benzene rings is 1. The smallest absolute Gasteiger partial charge is 0.0240 e. The van der Waals surface area contributed by atoms with Gasteiger partial charge >= 0.3 is 0 Å². The van der Waals surface area contributed by atoms with Crippen molar-refractivity contribution in [3.63, 3.8) is 0 Å². The standard InChI is InChI=1S/C14H20N2/c1-15-7-13-6-14(13)10-16-8-11-4-2-3-5-12(11)9-16/h2-5,13-15H,6-10H2,1H3/t13-,14+/m1/s1.